The van der Waals surface area contributed by atoms with Crippen molar-refractivity contribution in [2.24, 2.45) is 0 Å². The van der Waals surface area contributed by atoms with Crippen LogP contribution in [0, 0.1) is 0 Å². The first kappa shape index (κ1) is 19.1. The van der Waals surface area contributed by atoms with Crippen molar-refractivity contribution in [3.63, 3.8) is 0 Å². The maximum absolute atomic E-state index is 12.4. The van der Waals surface area contributed by atoms with Gasteiger partial charge in [-0.1, -0.05) is 27.7 Å². The molecule has 26 heavy (non-hydrogen) atoms. The number of sulfone groups is 1. The molecule has 0 saturated heterocycles. The van der Waals surface area contributed by atoms with Crippen LogP contribution in [0.5, 0.6) is 0 Å². The van der Waals surface area contributed by atoms with Crippen LogP contribution in [0.2, 0.25) is 0 Å². The molecule has 6 nitrogen and oxygen atoms in total. The van der Waals surface area contributed by atoms with Gasteiger partial charge in [0.2, 0.25) is 0 Å². The summed E-state index contributed by atoms with van der Waals surface area (Å²) in [6.45, 7) is 2.71. The van der Waals surface area contributed by atoms with Crippen LogP contribution in [0.4, 0.5) is 0 Å². The van der Waals surface area contributed by atoms with Crippen molar-refractivity contribution in [1.29, 1.82) is 0 Å². The highest BCUT2D eigenvalue weighted by atomic mass is 79.9. The molecule has 0 spiro atoms. The van der Waals surface area contributed by atoms with E-state index < -0.39 is 9.84 Å². The van der Waals surface area contributed by atoms with E-state index in [9.17, 15) is 8.42 Å². The molecular weight excluding hydrogens is 436 g/mol. The fraction of sp³-hybridized carbons (Fsp3) is 0.235. The molecule has 2 heterocycles. The van der Waals surface area contributed by atoms with E-state index in [0.29, 0.717) is 22.3 Å². The number of rotatable bonds is 7. The van der Waals surface area contributed by atoms with Gasteiger partial charge in [-0.05, 0) is 43.3 Å². The number of pyridine rings is 1. The van der Waals surface area contributed by atoms with Gasteiger partial charge in [-0.25, -0.2) is 8.42 Å². The fourth-order valence-electron chi connectivity index (χ4n) is 2.40. The molecular formula is C17H17BrN4O2S2. The van der Waals surface area contributed by atoms with Crippen molar-refractivity contribution >= 4 is 37.5 Å². The topological polar surface area (TPSA) is 77.7 Å². The molecule has 136 valence electrons. The zero-order valence-corrected chi connectivity index (χ0v) is 17.3. The van der Waals surface area contributed by atoms with E-state index in [-0.39, 0.29) is 5.75 Å². The number of halogens is 1. The van der Waals surface area contributed by atoms with Gasteiger partial charge in [0.05, 0.1) is 10.6 Å². The number of aromatic nitrogens is 4. The molecule has 0 N–H and O–H groups in total. The quantitative estimate of drug-likeness (QED) is 0.508. The van der Waals surface area contributed by atoms with Gasteiger partial charge < -0.3 is 4.57 Å². The van der Waals surface area contributed by atoms with E-state index in [1.54, 1.807) is 36.7 Å². The SMILES string of the molecule is CCn1c(SCCS(=O)(=O)c2ccc(Br)cc2)nnc1-c1ccncc1. The molecule has 0 aliphatic heterocycles. The predicted molar refractivity (Wildman–Crippen MR) is 106 cm³/mol. The summed E-state index contributed by atoms with van der Waals surface area (Å²) in [4.78, 5) is 4.34. The highest BCUT2D eigenvalue weighted by molar-refractivity contribution is 9.10. The average molecular weight is 453 g/mol. The van der Waals surface area contributed by atoms with Crippen molar-refractivity contribution in [3.8, 4) is 11.4 Å². The van der Waals surface area contributed by atoms with Gasteiger partial charge in [0.1, 0.15) is 0 Å². The second kappa shape index (κ2) is 8.32. The second-order valence-electron chi connectivity index (χ2n) is 5.41. The predicted octanol–water partition coefficient (Wildman–Crippen LogP) is 3.69. The largest absolute Gasteiger partial charge is 0.302 e. The molecule has 0 saturated carbocycles. The van der Waals surface area contributed by atoms with Crippen LogP contribution in [-0.2, 0) is 16.4 Å². The Bertz CT molecular complexity index is 974. The van der Waals surface area contributed by atoms with Gasteiger partial charge in [-0.2, -0.15) is 0 Å². The van der Waals surface area contributed by atoms with Crippen LogP contribution in [0.25, 0.3) is 11.4 Å². The zero-order valence-electron chi connectivity index (χ0n) is 14.0. The normalized spacial score (nSPS) is 11.6. The Morgan fingerprint density at radius 2 is 1.77 bits per heavy atom. The third kappa shape index (κ3) is 4.33. The summed E-state index contributed by atoms with van der Waals surface area (Å²) >= 11 is 4.71. The zero-order chi connectivity index (χ0) is 18.6. The van der Waals surface area contributed by atoms with Gasteiger partial charge in [-0.3, -0.25) is 4.98 Å². The van der Waals surface area contributed by atoms with Crippen LogP contribution in [0.15, 0.2) is 63.3 Å². The molecule has 0 aliphatic carbocycles. The maximum Gasteiger partial charge on any atom is 0.191 e. The molecule has 0 radical (unpaired) electrons. The molecule has 1 aromatic carbocycles. The summed E-state index contributed by atoms with van der Waals surface area (Å²) in [5, 5.41) is 9.18. The monoisotopic (exact) mass is 452 g/mol. The van der Waals surface area contributed by atoms with Gasteiger partial charge in [-0.15, -0.1) is 10.2 Å². The molecule has 0 unspecified atom stereocenters. The molecule has 0 amide bonds. The molecule has 3 aromatic rings. The van der Waals surface area contributed by atoms with Crippen molar-refractivity contribution in [2.75, 3.05) is 11.5 Å². The summed E-state index contributed by atoms with van der Waals surface area (Å²) in [6, 6.07) is 10.4. The third-order valence-electron chi connectivity index (χ3n) is 3.73. The summed E-state index contributed by atoms with van der Waals surface area (Å²) in [6.07, 6.45) is 3.42. The van der Waals surface area contributed by atoms with Crippen molar-refractivity contribution in [1.82, 2.24) is 19.7 Å². The Morgan fingerprint density at radius 3 is 2.42 bits per heavy atom. The minimum atomic E-state index is -3.32. The van der Waals surface area contributed by atoms with Crippen LogP contribution in [0.1, 0.15) is 6.92 Å². The minimum absolute atomic E-state index is 0.0421. The minimum Gasteiger partial charge on any atom is -0.302 e. The molecule has 3 rings (SSSR count). The lowest BCUT2D eigenvalue weighted by molar-refractivity contribution is 0.597. The summed E-state index contributed by atoms with van der Waals surface area (Å²) in [5.74, 6) is 1.21. The van der Waals surface area contributed by atoms with Crippen molar-refractivity contribution < 1.29 is 8.42 Å². The lowest BCUT2D eigenvalue weighted by Gasteiger charge is -2.08. The lowest BCUT2D eigenvalue weighted by atomic mass is 10.2. The summed E-state index contributed by atoms with van der Waals surface area (Å²) in [7, 11) is -3.32. The highest BCUT2D eigenvalue weighted by Crippen LogP contribution is 2.24. The van der Waals surface area contributed by atoms with Gasteiger partial charge in [0.15, 0.2) is 20.8 Å². The molecule has 9 heteroatoms. The molecule has 0 atom stereocenters. The van der Waals surface area contributed by atoms with E-state index in [1.807, 2.05) is 23.6 Å². The van der Waals surface area contributed by atoms with Crippen molar-refractivity contribution in [2.45, 2.75) is 23.5 Å². The number of hydrogen-bond donors (Lipinski definition) is 0. The second-order valence-corrected chi connectivity index (χ2v) is 9.49. The summed E-state index contributed by atoms with van der Waals surface area (Å²) < 4.78 is 27.7. The Kier molecular flexibility index (Phi) is 6.10. The number of benzene rings is 1. The van der Waals surface area contributed by atoms with E-state index >= 15 is 0 Å². The first-order chi connectivity index (χ1) is 12.5. The smallest absolute Gasteiger partial charge is 0.191 e. The fourth-order valence-corrected chi connectivity index (χ4v) is 5.31. The maximum atomic E-state index is 12.4. The van der Waals surface area contributed by atoms with Crippen LogP contribution < -0.4 is 0 Å². The lowest BCUT2D eigenvalue weighted by Crippen LogP contribution is -2.09. The number of nitrogens with zero attached hydrogens (tertiary/aromatic N) is 4. The third-order valence-corrected chi connectivity index (χ3v) is 7.22. The highest BCUT2D eigenvalue weighted by Gasteiger charge is 2.17. The van der Waals surface area contributed by atoms with Gasteiger partial charge in [0.25, 0.3) is 0 Å². The average Bonchev–Trinajstić information content (AvgIpc) is 3.05. The van der Waals surface area contributed by atoms with Crippen LogP contribution in [-0.4, -0.2) is 39.7 Å². The number of thioether (sulfide) groups is 1. The molecule has 0 aliphatic rings. The van der Waals surface area contributed by atoms with E-state index in [1.165, 1.54) is 11.8 Å². The van der Waals surface area contributed by atoms with Gasteiger partial charge in [0, 0.05) is 34.7 Å². The van der Waals surface area contributed by atoms with Crippen LogP contribution in [0.3, 0.4) is 0 Å². The molecule has 0 bridgehead atoms. The first-order valence-electron chi connectivity index (χ1n) is 7.96. The Morgan fingerprint density at radius 1 is 1.08 bits per heavy atom. The van der Waals surface area contributed by atoms with E-state index in [0.717, 1.165) is 15.9 Å². The Balaban J connectivity index is 1.70. The Hall–Kier alpha value is -1.71. The molecule has 0 fully saturated rings. The standard InChI is InChI=1S/C17H17BrN4O2S2/c1-2-22-16(13-7-9-19-10-8-13)20-21-17(22)25-11-12-26(23,24)15-5-3-14(18)4-6-15/h3-10H,2,11-12H2,1H3. The molecule has 2 aromatic heterocycles. The Labute approximate surface area is 165 Å². The summed E-state index contributed by atoms with van der Waals surface area (Å²) in [5.41, 5.74) is 0.934. The van der Waals surface area contributed by atoms with E-state index in [2.05, 4.69) is 31.1 Å². The number of hydrogen-bond acceptors (Lipinski definition) is 6. The van der Waals surface area contributed by atoms with E-state index in [4.69, 9.17) is 0 Å². The van der Waals surface area contributed by atoms with Crippen LogP contribution >= 0.6 is 27.7 Å². The first-order valence-corrected chi connectivity index (χ1v) is 11.4. The van der Waals surface area contributed by atoms with Gasteiger partial charge >= 0.3 is 0 Å². The van der Waals surface area contributed by atoms with Crippen molar-refractivity contribution in [3.05, 3.63) is 53.3 Å².